The third-order valence-corrected chi connectivity index (χ3v) is 5.56. The van der Waals surface area contributed by atoms with Crippen LogP contribution < -0.4 is 15.0 Å². The molecule has 0 saturated carbocycles. The first-order valence-corrected chi connectivity index (χ1v) is 10.8. The second-order valence-corrected chi connectivity index (χ2v) is 8.32. The van der Waals surface area contributed by atoms with Crippen molar-refractivity contribution in [3.63, 3.8) is 0 Å². The number of carbonyl (C=O) groups excluding carboxylic acids is 1. The zero-order chi connectivity index (χ0) is 25.3. The minimum absolute atomic E-state index is 0.0159. The van der Waals surface area contributed by atoms with Gasteiger partial charge in [0, 0.05) is 11.9 Å². The first kappa shape index (κ1) is 24.2. The molecule has 1 aliphatic heterocycles. The molecule has 1 saturated heterocycles. The number of alkyl halides is 3. The number of aromatic nitrogens is 5. The van der Waals surface area contributed by atoms with Crippen molar-refractivity contribution >= 4 is 18.0 Å². The van der Waals surface area contributed by atoms with Crippen molar-refractivity contribution in [3.05, 3.63) is 48.0 Å². The number of amides is 1. The zero-order valence-corrected chi connectivity index (χ0v) is 19.4. The summed E-state index contributed by atoms with van der Waals surface area (Å²) in [6.45, 7) is 5.97. The highest BCUT2D eigenvalue weighted by atomic mass is 19.4. The molecule has 0 spiro atoms. The van der Waals surface area contributed by atoms with Gasteiger partial charge in [0.25, 0.3) is 0 Å². The number of benzene rings is 1. The highest BCUT2D eigenvalue weighted by Crippen LogP contribution is 2.30. The quantitative estimate of drug-likeness (QED) is 0.523. The average Bonchev–Trinajstić information content (AvgIpc) is 3.45. The van der Waals surface area contributed by atoms with Gasteiger partial charge in [0.2, 0.25) is 11.9 Å². The predicted octanol–water partition coefficient (Wildman–Crippen LogP) is 4.24. The van der Waals surface area contributed by atoms with E-state index in [0.717, 1.165) is 12.1 Å². The Morgan fingerprint density at radius 3 is 2.49 bits per heavy atom. The number of carbonyl (C=O) groups is 1. The second kappa shape index (κ2) is 9.39. The Morgan fingerprint density at radius 1 is 1.14 bits per heavy atom. The molecule has 1 N–H and O–H groups in total. The van der Waals surface area contributed by atoms with Gasteiger partial charge in [-0.25, -0.2) is 14.7 Å². The third kappa shape index (κ3) is 5.12. The molecule has 2 atom stereocenters. The van der Waals surface area contributed by atoms with Gasteiger partial charge >= 0.3 is 18.3 Å². The van der Waals surface area contributed by atoms with Gasteiger partial charge in [0.15, 0.2) is 0 Å². The molecule has 1 unspecified atom stereocenters. The minimum atomic E-state index is -4.40. The lowest BCUT2D eigenvalue weighted by molar-refractivity contribution is -0.137. The first-order chi connectivity index (χ1) is 16.6. The molecule has 0 radical (unpaired) electrons. The van der Waals surface area contributed by atoms with Crippen LogP contribution in [-0.2, 0) is 10.9 Å². The van der Waals surface area contributed by atoms with Crippen molar-refractivity contribution in [3.8, 4) is 11.7 Å². The number of nitrogens with zero attached hydrogens (tertiary/aromatic N) is 6. The Bertz CT molecular complexity index is 1200. The largest absolute Gasteiger partial charge is 0.467 e. The van der Waals surface area contributed by atoms with E-state index >= 15 is 0 Å². The number of rotatable bonds is 7. The molecule has 1 fully saturated rings. The molecule has 10 nitrogen and oxygen atoms in total. The van der Waals surface area contributed by atoms with Crippen LogP contribution in [0.15, 0.2) is 36.8 Å². The lowest BCUT2D eigenvalue weighted by Gasteiger charge is -2.23. The van der Waals surface area contributed by atoms with Gasteiger partial charge in [0.05, 0.1) is 36.8 Å². The molecule has 1 aliphatic rings. The van der Waals surface area contributed by atoms with Crippen LogP contribution in [0.1, 0.15) is 38.1 Å². The Morgan fingerprint density at radius 2 is 1.86 bits per heavy atom. The van der Waals surface area contributed by atoms with Crippen molar-refractivity contribution < 1.29 is 27.4 Å². The third-order valence-electron chi connectivity index (χ3n) is 5.56. The molecule has 3 heterocycles. The summed E-state index contributed by atoms with van der Waals surface area (Å²) in [6.07, 6.45) is -1.76. The van der Waals surface area contributed by atoms with Crippen molar-refractivity contribution in [1.82, 2.24) is 24.5 Å². The van der Waals surface area contributed by atoms with Crippen LogP contribution in [0, 0.1) is 5.92 Å². The van der Waals surface area contributed by atoms with Gasteiger partial charge < -0.3 is 19.4 Å². The van der Waals surface area contributed by atoms with Gasteiger partial charge in [0.1, 0.15) is 6.61 Å². The topological polar surface area (TPSA) is 107 Å². The molecular weight excluding hydrogens is 467 g/mol. The molecule has 2 aromatic heterocycles. The van der Waals surface area contributed by atoms with E-state index in [0.29, 0.717) is 11.4 Å². The van der Waals surface area contributed by atoms with Crippen molar-refractivity contribution in [2.75, 3.05) is 23.9 Å². The fourth-order valence-corrected chi connectivity index (χ4v) is 3.56. The molecule has 1 aromatic carbocycles. The summed E-state index contributed by atoms with van der Waals surface area (Å²) < 4.78 is 50.4. The van der Waals surface area contributed by atoms with Gasteiger partial charge in [-0.1, -0.05) is 13.8 Å². The maximum atomic E-state index is 12.8. The Balaban J connectivity index is 1.54. The normalized spacial score (nSPS) is 17.0. The van der Waals surface area contributed by atoms with E-state index in [2.05, 4.69) is 25.3 Å². The number of hydrogen-bond acceptors (Lipinski definition) is 8. The van der Waals surface area contributed by atoms with Crippen molar-refractivity contribution in [2.45, 2.75) is 39.0 Å². The fourth-order valence-electron chi connectivity index (χ4n) is 3.56. The highest BCUT2D eigenvalue weighted by molar-refractivity contribution is 5.88. The summed E-state index contributed by atoms with van der Waals surface area (Å²) in [5.41, 5.74) is 0.393. The van der Waals surface area contributed by atoms with Crippen LogP contribution in [-0.4, -0.2) is 50.4 Å². The Labute approximate surface area is 199 Å². The minimum Gasteiger partial charge on any atom is -0.467 e. The lowest BCUT2D eigenvalue weighted by Crippen LogP contribution is -2.38. The van der Waals surface area contributed by atoms with Gasteiger partial charge in [-0.2, -0.15) is 28.1 Å². The lowest BCUT2D eigenvalue weighted by atomic mass is 10.1. The summed E-state index contributed by atoms with van der Waals surface area (Å²) in [5.74, 6) is 0.363. The van der Waals surface area contributed by atoms with E-state index in [-0.39, 0.29) is 36.5 Å². The molecule has 4 rings (SSSR count). The van der Waals surface area contributed by atoms with Gasteiger partial charge in [-0.3, -0.25) is 0 Å². The number of hydrogen-bond donors (Lipinski definition) is 1. The maximum absolute atomic E-state index is 12.8. The van der Waals surface area contributed by atoms with Crippen molar-refractivity contribution in [1.29, 1.82) is 0 Å². The summed E-state index contributed by atoms with van der Waals surface area (Å²) >= 11 is 0. The van der Waals surface area contributed by atoms with Gasteiger partial charge in [-0.05, 0) is 37.1 Å². The summed E-state index contributed by atoms with van der Waals surface area (Å²) in [7, 11) is 1.40. The number of imidazole rings is 1. The molecule has 0 bridgehead atoms. The van der Waals surface area contributed by atoms with Crippen LogP contribution in [0.5, 0.6) is 6.01 Å². The summed E-state index contributed by atoms with van der Waals surface area (Å²) in [4.78, 5) is 30.8. The van der Waals surface area contributed by atoms with Crippen molar-refractivity contribution in [2.24, 2.45) is 5.92 Å². The monoisotopic (exact) mass is 491 g/mol. The van der Waals surface area contributed by atoms with E-state index in [1.54, 1.807) is 10.8 Å². The molecule has 3 aromatic rings. The molecule has 0 aliphatic carbocycles. The highest BCUT2D eigenvalue weighted by Gasteiger charge is 2.38. The van der Waals surface area contributed by atoms with Crippen LogP contribution >= 0.6 is 0 Å². The SMILES string of the molecule is COc1nc(N[C@@H](C)c2cn(-c3ccc(C(F)(F)F)cc3)cn2)nc(N2C(=O)OCC2C(C)C)n1. The van der Waals surface area contributed by atoms with Crippen LogP contribution in [0.3, 0.4) is 0 Å². The smallest absolute Gasteiger partial charge is 0.417 e. The molecule has 35 heavy (non-hydrogen) atoms. The summed E-state index contributed by atoms with van der Waals surface area (Å²) in [5, 5.41) is 3.10. The molecule has 186 valence electrons. The number of ether oxygens (including phenoxy) is 2. The van der Waals surface area contributed by atoms with Gasteiger partial charge in [-0.15, -0.1) is 0 Å². The number of anilines is 2. The van der Waals surface area contributed by atoms with Crippen LogP contribution in [0.25, 0.3) is 5.69 Å². The number of nitrogens with one attached hydrogen (secondary N) is 1. The van der Waals surface area contributed by atoms with E-state index in [1.165, 1.54) is 30.5 Å². The molecule has 13 heteroatoms. The van der Waals surface area contributed by atoms with E-state index in [4.69, 9.17) is 9.47 Å². The van der Waals surface area contributed by atoms with E-state index < -0.39 is 23.9 Å². The predicted molar refractivity (Wildman–Crippen MR) is 119 cm³/mol. The zero-order valence-electron chi connectivity index (χ0n) is 19.4. The van der Waals surface area contributed by atoms with Crippen LogP contribution in [0.2, 0.25) is 0 Å². The van der Waals surface area contributed by atoms with E-state index in [1.807, 2.05) is 20.8 Å². The number of methoxy groups -OCH3 is 1. The first-order valence-electron chi connectivity index (χ1n) is 10.8. The van der Waals surface area contributed by atoms with Crippen LogP contribution in [0.4, 0.5) is 29.9 Å². The summed E-state index contributed by atoms with van der Waals surface area (Å²) in [6, 6.07) is 4.16. The fraction of sp³-hybridized carbons (Fsp3) is 0.409. The molecular formula is C22H24F3N7O3. The molecule has 1 amide bonds. The second-order valence-electron chi connectivity index (χ2n) is 8.32. The number of halogens is 3. The maximum Gasteiger partial charge on any atom is 0.417 e. The van der Waals surface area contributed by atoms with E-state index in [9.17, 15) is 18.0 Å². The number of cyclic esters (lactones) is 1. The standard InChI is InChI=1S/C22H24F3N7O3/c1-12(2)17-10-35-21(33)32(17)19-28-18(29-20(30-19)34-4)27-13(3)16-9-31(11-26-16)15-7-5-14(6-8-15)22(23,24)25/h5-9,11-13,17H,10H2,1-4H3,(H,27,28,29,30)/t13-,17?/m0/s1. The Kier molecular flexibility index (Phi) is 6.50. The Hall–Kier alpha value is -3.90. The average molecular weight is 491 g/mol.